The molecule has 1 unspecified atom stereocenters. The number of para-hydroxylation sites is 1. The number of primary amides is 1. The zero-order valence-electron chi connectivity index (χ0n) is 22.1. The van der Waals surface area contributed by atoms with Crippen molar-refractivity contribution in [2.45, 2.75) is 18.5 Å². The van der Waals surface area contributed by atoms with Crippen LogP contribution in [0.15, 0.2) is 102 Å². The van der Waals surface area contributed by atoms with Gasteiger partial charge in [-0.3, -0.25) is 19.3 Å². The number of hydrogen-bond acceptors (Lipinski definition) is 4. The Balaban J connectivity index is 1.57. The van der Waals surface area contributed by atoms with Crippen molar-refractivity contribution in [1.82, 2.24) is 5.32 Å². The third kappa shape index (κ3) is 6.07. The van der Waals surface area contributed by atoms with Gasteiger partial charge in [0.1, 0.15) is 12.4 Å². The standard InChI is InChI=1S/C32H25F3N4O3/c33-22-13-11-20(12-14-22)24(16-19-10-15-25(34)26(35)17-19)31(41)38-30-32(42)39(18-28(36)40)27-9-5-4-8-23(27)29(37-30)21-6-2-1-3-7-21/h1-15,17,24,30H,16,18H2,(H2,36,40)(H,38,41)/t24-,30?/m1/s1. The predicted molar refractivity (Wildman–Crippen MR) is 151 cm³/mol. The molecule has 3 N–H and O–H groups in total. The number of carbonyl (C=O) groups excluding carboxylic acids is 3. The normalized spacial score (nSPS) is 15.3. The van der Waals surface area contributed by atoms with Gasteiger partial charge in [-0.2, -0.15) is 0 Å². The van der Waals surface area contributed by atoms with E-state index in [1.54, 1.807) is 48.5 Å². The number of halogens is 3. The quantitative estimate of drug-likeness (QED) is 0.331. The fourth-order valence-electron chi connectivity index (χ4n) is 4.86. The molecule has 1 aliphatic heterocycles. The molecule has 0 aromatic heterocycles. The molecule has 42 heavy (non-hydrogen) atoms. The van der Waals surface area contributed by atoms with E-state index in [1.807, 2.05) is 6.07 Å². The van der Waals surface area contributed by atoms with Gasteiger partial charge in [0.15, 0.2) is 11.6 Å². The van der Waals surface area contributed by atoms with Crippen LogP contribution in [0.3, 0.4) is 0 Å². The van der Waals surface area contributed by atoms with E-state index in [1.165, 1.54) is 35.2 Å². The highest BCUT2D eigenvalue weighted by molar-refractivity contribution is 6.21. The molecule has 4 aromatic carbocycles. The van der Waals surface area contributed by atoms with Crippen molar-refractivity contribution < 1.29 is 27.6 Å². The van der Waals surface area contributed by atoms with Gasteiger partial charge in [0, 0.05) is 11.1 Å². The summed E-state index contributed by atoms with van der Waals surface area (Å²) in [5.74, 6) is -5.83. The summed E-state index contributed by atoms with van der Waals surface area (Å²) in [6.45, 7) is -0.462. The molecule has 0 saturated heterocycles. The lowest BCUT2D eigenvalue weighted by Gasteiger charge is -2.25. The van der Waals surface area contributed by atoms with Gasteiger partial charge in [-0.05, 0) is 47.9 Å². The first-order valence-electron chi connectivity index (χ1n) is 13.0. The van der Waals surface area contributed by atoms with Crippen LogP contribution in [0.25, 0.3) is 0 Å². The number of nitrogens with one attached hydrogen (secondary N) is 1. The summed E-state index contributed by atoms with van der Waals surface area (Å²) in [4.78, 5) is 45.5. The highest BCUT2D eigenvalue weighted by Gasteiger charge is 2.35. The van der Waals surface area contributed by atoms with Crippen LogP contribution >= 0.6 is 0 Å². The highest BCUT2D eigenvalue weighted by atomic mass is 19.2. The van der Waals surface area contributed by atoms with Crippen LogP contribution in [0.2, 0.25) is 0 Å². The molecule has 5 rings (SSSR count). The van der Waals surface area contributed by atoms with Crippen molar-refractivity contribution >= 4 is 29.1 Å². The number of nitrogens with zero attached hydrogens (tertiary/aromatic N) is 2. The molecule has 0 fully saturated rings. The van der Waals surface area contributed by atoms with Gasteiger partial charge in [-0.25, -0.2) is 18.2 Å². The lowest BCUT2D eigenvalue weighted by atomic mass is 9.91. The number of aliphatic imine (C=N–C) groups is 1. The second-order valence-corrected chi connectivity index (χ2v) is 9.72. The van der Waals surface area contributed by atoms with Gasteiger partial charge >= 0.3 is 0 Å². The topological polar surface area (TPSA) is 105 Å². The van der Waals surface area contributed by atoms with E-state index >= 15 is 0 Å². The minimum atomic E-state index is -1.48. The van der Waals surface area contributed by atoms with Crippen LogP contribution in [0.4, 0.5) is 18.9 Å². The number of benzodiazepines with no additional fused rings is 1. The van der Waals surface area contributed by atoms with Crippen LogP contribution in [0.1, 0.15) is 28.2 Å². The first-order chi connectivity index (χ1) is 20.2. The number of rotatable bonds is 8. The molecule has 4 aromatic rings. The van der Waals surface area contributed by atoms with E-state index < -0.39 is 53.8 Å². The third-order valence-electron chi connectivity index (χ3n) is 6.86. The molecule has 10 heteroatoms. The summed E-state index contributed by atoms with van der Waals surface area (Å²) >= 11 is 0. The van der Waals surface area contributed by atoms with Gasteiger partial charge in [0.25, 0.3) is 5.91 Å². The third-order valence-corrected chi connectivity index (χ3v) is 6.86. The molecule has 0 radical (unpaired) electrons. The first-order valence-corrected chi connectivity index (χ1v) is 13.0. The minimum absolute atomic E-state index is 0.0872. The second-order valence-electron chi connectivity index (χ2n) is 9.72. The molecule has 0 spiro atoms. The smallest absolute Gasteiger partial charge is 0.272 e. The van der Waals surface area contributed by atoms with Crippen molar-refractivity contribution in [3.05, 3.63) is 137 Å². The molecule has 212 valence electrons. The molecule has 3 amide bonds. The molecule has 0 aliphatic carbocycles. The lowest BCUT2D eigenvalue weighted by molar-refractivity contribution is -0.128. The zero-order valence-corrected chi connectivity index (χ0v) is 22.1. The minimum Gasteiger partial charge on any atom is -0.368 e. The summed E-state index contributed by atoms with van der Waals surface area (Å²) < 4.78 is 41.3. The predicted octanol–water partition coefficient (Wildman–Crippen LogP) is 4.24. The van der Waals surface area contributed by atoms with Crippen LogP contribution in [0, 0.1) is 17.5 Å². The summed E-state index contributed by atoms with van der Waals surface area (Å²) in [5, 5.41) is 2.67. The van der Waals surface area contributed by atoms with E-state index in [0.29, 0.717) is 33.7 Å². The van der Waals surface area contributed by atoms with E-state index in [2.05, 4.69) is 10.3 Å². The van der Waals surface area contributed by atoms with Gasteiger partial charge in [-0.15, -0.1) is 0 Å². The number of benzene rings is 4. The highest BCUT2D eigenvalue weighted by Crippen LogP contribution is 2.29. The number of amides is 3. The van der Waals surface area contributed by atoms with Crippen molar-refractivity contribution in [1.29, 1.82) is 0 Å². The summed E-state index contributed by atoms with van der Waals surface area (Å²) in [6.07, 6.45) is -1.57. The molecule has 0 bridgehead atoms. The monoisotopic (exact) mass is 570 g/mol. The van der Waals surface area contributed by atoms with Gasteiger partial charge in [-0.1, -0.05) is 66.7 Å². The lowest BCUT2D eigenvalue weighted by Crippen LogP contribution is -2.50. The Morgan fingerprint density at radius 1 is 0.881 bits per heavy atom. The zero-order chi connectivity index (χ0) is 29.8. The Bertz CT molecular complexity index is 1680. The molecule has 0 saturated carbocycles. The molecule has 7 nitrogen and oxygen atoms in total. The summed E-state index contributed by atoms with van der Waals surface area (Å²) in [7, 11) is 0. The van der Waals surface area contributed by atoms with Crippen LogP contribution in [-0.4, -0.2) is 36.1 Å². The summed E-state index contributed by atoms with van der Waals surface area (Å²) in [6, 6.07) is 24.3. The van der Waals surface area contributed by atoms with E-state index in [-0.39, 0.29) is 6.42 Å². The van der Waals surface area contributed by atoms with E-state index in [9.17, 15) is 27.6 Å². The van der Waals surface area contributed by atoms with Gasteiger partial charge < -0.3 is 11.1 Å². The Hall–Kier alpha value is -5.25. The average molecular weight is 571 g/mol. The number of fused-ring (bicyclic) bond motifs is 1. The van der Waals surface area contributed by atoms with Crippen molar-refractivity contribution in [2.24, 2.45) is 10.7 Å². The van der Waals surface area contributed by atoms with Gasteiger partial charge in [0.2, 0.25) is 18.0 Å². The Kier molecular flexibility index (Phi) is 8.14. The Labute approximate surface area is 239 Å². The van der Waals surface area contributed by atoms with Crippen LogP contribution in [-0.2, 0) is 20.8 Å². The van der Waals surface area contributed by atoms with Gasteiger partial charge in [0.05, 0.1) is 17.3 Å². The fraction of sp³-hybridized carbons (Fsp3) is 0.125. The van der Waals surface area contributed by atoms with Crippen LogP contribution < -0.4 is 16.0 Å². The number of nitrogens with two attached hydrogens (primary N) is 1. The largest absolute Gasteiger partial charge is 0.368 e. The van der Waals surface area contributed by atoms with Crippen molar-refractivity contribution in [2.75, 3.05) is 11.4 Å². The maximum Gasteiger partial charge on any atom is 0.272 e. The molecular weight excluding hydrogens is 545 g/mol. The Morgan fingerprint density at radius 3 is 2.26 bits per heavy atom. The number of carbonyl (C=O) groups is 3. The van der Waals surface area contributed by atoms with E-state index in [0.717, 1.165) is 12.1 Å². The molecule has 2 atom stereocenters. The van der Waals surface area contributed by atoms with E-state index in [4.69, 9.17) is 5.73 Å². The maximum absolute atomic E-state index is 14.0. The molecule has 1 heterocycles. The van der Waals surface area contributed by atoms with Crippen molar-refractivity contribution in [3.63, 3.8) is 0 Å². The molecule has 1 aliphatic rings. The second kappa shape index (κ2) is 12.1. The Morgan fingerprint density at radius 2 is 1.57 bits per heavy atom. The SMILES string of the molecule is NC(=O)CN1C(=O)C(NC(=O)[C@H](Cc2ccc(F)c(F)c2)c2ccc(F)cc2)N=C(c2ccccc2)c2ccccc21. The van der Waals surface area contributed by atoms with Crippen LogP contribution in [0.5, 0.6) is 0 Å². The molecular formula is C32H25F3N4O3. The number of anilines is 1. The van der Waals surface area contributed by atoms with Crippen molar-refractivity contribution in [3.8, 4) is 0 Å². The maximum atomic E-state index is 14.0. The first kappa shape index (κ1) is 28.3. The summed E-state index contributed by atoms with van der Waals surface area (Å²) in [5.41, 5.74) is 8.17. The average Bonchev–Trinajstić information content (AvgIpc) is 3.09. The number of hydrogen-bond donors (Lipinski definition) is 2. The fourth-order valence-corrected chi connectivity index (χ4v) is 4.86.